The fourth-order valence-corrected chi connectivity index (χ4v) is 1.04. The summed E-state index contributed by atoms with van der Waals surface area (Å²) >= 11 is 0. The lowest BCUT2D eigenvalue weighted by atomic mass is 10.1. The molecule has 0 spiro atoms. The summed E-state index contributed by atoms with van der Waals surface area (Å²) in [6.45, 7) is 3.24. The Morgan fingerprint density at radius 1 is 1.57 bits per heavy atom. The van der Waals surface area contributed by atoms with Crippen molar-refractivity contribution in [2.75, 3.05) is 6.61 Å². The number of rotatable bonds is 1. The minimum atomic E-state index is 0.361. The Hall–Kier alpha value is -0.0400. The first-order chi connectivity index (χ1) is 3.31. The van der Waals surface area contributed by atoms with E-state index < -0.39 is 0 Å². The summed E-state index contributed by atoms with van der Waals surface area (Å²) in [5.74, 6) is 0.937. The average Bonchev–Trinajstić information content (AvgIpc) is 2.14. The molecule has 0 bridgehead atoms. The van der Waals surface area contributed by atoms with E-state index in [1.54, 1.807) is 0 Å². The Morgan fingerprint density at radius 3 is 2.29 bits per heavy atom. The molecular weight excluding hydrogens is 88.1 g/mol. The van der Waals surface area contributed by atoms with Crippen molar-refractivity contribution in [2.45, 2.75) is 25.4 Å². The highest BCUT2D eigenvalue weighted by Gasteiger charge is 2.51. The second-order valence-electron chi connectivity index (χ2n) is 2.88. The van der Waals surface area contributed by atoms with Gasteiger partial charge in [0.1, 0.15) is 0 Å². The Morgan fingerprint density at radius 2 is 2.14 bits per heavy atom. The molecular formula is C6H10O. The molecule has 0 N–H and O–H groups in total. The van der Waals surface area contributed by atoms with Gasteiger partial charge in [0.25, 0.3) is 0 Å². The topological polar surface area (TPSA) is 12.5 Å². The van der Waals surface area contributed by atoms with E-state index >= 15 is 0 Å². The minimum absolute atomic E-state index is 0.361. The van der Waals surface area contributed by atoms with Gasteiger partial charge in [0, 0.05) is 0 Å². The molecule has 1 saturated heterocycles. The van der Waals surface area contributed by atoms with Gasteiger partial charge in [-0.15, -0.1) is 0 Å². The zero-order valence-corrected chi connectivity index (χ0v) is 4.61. The van der Waals surface area contributed by atoms with Gasteiger partial charge in [-0.3, -0.25) is 0 Å². The van der Waals surface area contributed by atoms with Crippen LogP contribution in [0, 0.1) is 5.92 Å². The molecule has 1 nitrogen and oxygen atoms in total. The number of epoxide rings is 1. The zero-order chi connectivity index (χ0) is 4.91. The van der Waals surface area contributed by atoms with Crippen LogP contribution in [-0.2, 0) is 4.74 Å². The Kier molecular flexibility index (Phi) is 0.487. The van der Waals surface area contributed by atoms with Crippen LogP contribution in [-0.4, -0.2) is 12.2 Å². The van der Waals surface area contributed by atoms with Gasteiger partial charge in [-0.05, 0) is 25.7 Å². The maximum absolute atomic E-state index is 5.22. The fraction of sp³-hybridized carbons (Fsp3) is 1.00. The Labute approximate surface area is 43.7 Å². The summed E-state index contributed by atoms with van der Waals surface area (Å²) in [6.07, 6.45) is 2.83. The highest BCUT2D eigenvalue weighted by Crippen LogP contribution is 2.48. The van der Waals surface area contributed by atoms with E-state index in [1.165, 1.54) is 12.8 Å². The van der Waals surface area contributed by atoms with E-state index in [2.05, 4.69) is 6.92 Å². The molecule has 1 heteroatoms. The van der Waals surface area contributed by atoms with Crippen LogP contribution in [0.3, 0.4) is 0 Å². The summed E-state index contributed by atoms with van der Waals surface area (Å²) in [4.78, 5) is 0. The molecule has 0 aromatic rings. The molecule has 0 amide bonds. The Balaban J connectivity index is 2.04. The van der Waals surface area contributed by atoms with E-state index in [0.29, 0.717) is 5.60 Å². The van der Waals surface area contributed by atoms with Crippen molar-refractivity contribution in [3.63, 3.8) is 0 Å². The van der Waals surface area contributed by atoms with Gasteiger partial charge in [0.05, 0.1) is 12.2 Å². The van der Waals surface area contributed by atoms with Gasteiger partial charge in [-0.1, -0.05) is 0 Å². The van der Waals surface area contributed by atoms with E-state index in [9.17, 15) is 0 Å². The van der Waals surface area contributed by atoms with Gasteiger partial charge in [0.15, 0.2) is 0 Å². The molecule has 0 aromatic carbocycles. The molecule has 0 aromatic heterocycles. The molecule has 1 unspecified atom stereocenters. The van der Waals surface area contributed by atoms with Gasteiger partial charge in [0.2, 0.25) is 0 Å². The fourth-order valence-electron chi connectivity index (χ4n) is 1.04. The number of hydrogen-bond acceptors (Lipinski definition) is 1. The van der Waals surface area contributed by atoms with E-state index in [-0.39, 0.29) is 0 Å². The molecule has 1 saturated carbocycles. The Bertz CT molecular complexity index is 90.4. The van der Waals surface area contributed by atoms with Gasteiger partial charge >= 0.3 is 0 Å². The highest BCUT2D eigenvalue weighted by molar-refractivity contribution is 5.00. The van der Waals surface area contributed by atoms with Crippen molar-refractivity contribution >= 4 is 0 Å². The normalized spacial score (nSPS) is 49.3. The van der Waals surface area contributed by atoms with Gasteiger partial charge < -0.3 is 4.74 Å². The molecule has 1 aliphatic heterocycles. The maximum Gasteiger partial charge on any atom is 0.0916 e. The smallest absolute Gasteiger partial charge is 0.0916 e. The SMILES string of the molecule is CC1(C2CC2)CO1. The summed E-state index contributed by atoms with van der Waals surface area (Å²) in [5, 5.41) is 0. The van der Waals surface area contributed by atoms with Crippen molar-refractivity contribution in [1.29, 1.82) is 0 Å². The van der Waals surface area contributed by atoms with Gasteiger partial charge in [-0.25, -0.2) is 0 Å². The zero-order valence-electron chi connectivity index (χ0n) is 4.61. The average molecular weight is 98.1 g/mol. The predicted octanol–water partition coefficient (Wildman–Crippen LogP) is 1.19. The second kappa shape index (κ2) is 0.873. The van der Waals surface area contributed by atoms with Crippen molar-refractivity contribution in [3.05, 3.63) is 0 Å². The third-order valence-corrected chi connectivity index (χ3v) is 2.04. The molecule has 7 heavy (non-hydrogen) atoms. The highest BCUT2D eigenvalue weighted by atomic mass is 16.6. The van der Waals surface area contributed by atoms with Crippen LogP contribution < -0.4 is 0 Å². The number of hydrogen-bond donors (Lipinski definition) is 0. The largest absolute Gasteiger partial charge is 0.370 e. The van der Waals surface area contributed by atoms with Crippen molar-refractivity contribution < 1.29 is 4.74 Å². The van der Waals surface area contributed by atoms with Crippen molar-refractivity contribution in [1.82, 2.24) is 0 Å². The van der Waals surface area contributed by atoms with Gasteiger partial charge in [-0.2, -0.15) is 0 Å². The molecule has 40 valence electrons. The van der Waals surface area contributed by atoms with E-state index in [0.717, 1.165) is 12.5 Å². The lowest BCUT2D eigenvalue weighted by Gasteiger charge is -1.95. The third-order valence-electron chi connectivity index (χ3n) is 2.04. The van der Waals surface area contributed by atoms with Crippen LogP contribution in [0.2, 0.25) is 0 Å². The van der Waals surface area contributed by atoms with Crippen LogP contribution in [0.4, 0.5) is 0 Å². The molecule has 1 heterocycles. The first-order valence-electron chi connectivity index (χ1n) is 2.95. The van der Waals surface area contributed by atoms with E-state index in [1.807, 2.05) is 0 Å². The standard InChI is InChI=1S/C6H10O/c1-6(4-7-6)5-2-3-5/h5H,2-4H2,1H3. The second-order valence-corrected chi connectivity index (χ2v) is 2.88. The quantitative estimate of drug-likeness (QED) is 0.449. The molecule has 2 aliphatic rings. The first kappa shape index (κ1) is 3.90. The molecule has 2 fully saturated rings. The van der Waals surface area contributed by atoms with Crippen LogP contribution in [0.25, 0.3) is 0 Å². The molecule has 2 rings (SSSR count). The van der Waals surface area contributed by atoms with Crippen LogP contribution >= 0.6 is 0 Å². The molecule has 0 radical (unpaired) electrons. The summed E-state index contributed by atoms with van der Waals surface area (Å²) in [6, 6.07) is 0. The first-order valence-corrected chi connectivity index (χ1v) is 2.95. The maximum atomic E-state index is 5.22. The monoisotopic (exact) mass is 98.1 g/mol. The predicted molar refractivity (Wildman–Crippen MR) is 27.1 cm³/mol. The van der Waals surface area contributed by atoms with Crippen LogP contribution in [0.15, 0.2) is 0 Å². The molecule has 1 atom stereocenters. The van der Waals surface area contributed by atoms with Crippen molar-refractivity contribution in [3.8, 4) is 0 Å². The minimum Gasteiger partial charge on any atom is -0.370 e. The number of ether oxygens (including phenoxy) is 1. The summed E-state index contributed by atoms with van der Waals surface area (Å²) in [5.41, 5.74) is 0.361. The lowest BCUT2D eigenvalue weighted by molar-refractivity contribution is 0.295. The van der Waals surface area contributed by atoms with Crippen molar-refractivity contribution in [2.24, 2.45) is 5.92 Å². The lowest BCUT2D eigenvalue weighted by Crippen LogP contribution is -2.05. The summed E-state index contributed by atoms with van der Waals surface area (Å²) < 4.78 is 5.22. The van der Waals surface area contributed by atoms with E-state index in [4.69, 9.17) is 4.74 Å². The third kappa shape index (κ3) is 0.480. The van der Waals surface area contributed by atoms with Crippen LogP contribution in [0.1, 0.15) is 19.8 Å². The summed E-state index contributed by atoms with van der Waals surface area (Å²) in [7, 11) is 0. The molecule has 1 aliphatic carbocycles. The van der Waals surface area contributed by atoms with Crippen LogP contribution in [0.5, 0.6) is 0 Å².